The Morgan fingerprint density at radius 3 is 2.94 bits per heavy atom. The first-order chi connectivity index (χ1) is 8.33. The Morgan fingerprint density at radius 1 is 1.35 bits per heavy atom. The second kappa shape index (κ2) is 3.75. The van der Waals surface area contributed by atoms with E-state index < -0.39 is 0 Å². The van der Waals surface area contributed by atoms with E-state index in [0.717, 1.165) is 5.52 Å². The smallest absolute Gasteiger partial charge is 0.274 e. The molecule has 3 aromatic heterocycles. The highest BCUT2D eigenvalue weighted by Crippen LogP contribution is 2.16. The van der Waals surface area contributed by atoms with Gasteiger partial charge in [-0.1, -0.05) is 0 Å². The Balaban J connectivity index is 1.85. The number of carbonyl (C=O) groups excluding carboxylic acids is 1. The first-order valence-corrected chi connectivity index (χ1v) is 4.97. The highest BCUT2D eigenvalue weighted by molar-refractivity contribution is 6.04. The minimum atomic E-state index is -0.303. The normalized spacial score (nSPS) is 10.6. The first kappa shape index (κ1) is 9.59. The number of nitrogens with zero attached hydrogens (tertiary/aromatic N) is 2. The van der Waals surface area contributed by atoms with Crippen LogP contribution in [0.25, 0.3) is 11.1 Å². The van der Waals surface area contributed by atoms with Gasteiger partial charge in [-0.2, -0.15) is 0 Å². The predicted molar refractivity (Wildman–Crippen MR) is 60.5 cm³/mol. The van der Waals surface area contributed by atoms with Gasteiger partial charge in [0.15, 0.2) is 5.58 Å². The van der Waals surface area contributed by atoms with Gasteiger partial charge in [0.05, 0.1) is 11.8 Å². The minimum Gasteiger partial charge on any atom is -0.463 e. The van der Waals surface area contributed by atoms with E-state index in [9.17, 15) is 4.79 Å². The first-order valence-electron chi connectivity index (χ1n) is 4.97. The van der Waals surface area contributed by atoms with Crippen LogP contribution in [0.15, 0.2) is 41.3 Å². The Hall–Kier alpha value is -2.63. The maximum Gasteiger partial charge on any atom is 0.274 e. The van der Waals surface area contributed by atoms with Gasteiger partial charge < -0.3 is 9.40 Å². The van der Waals surface area contributed by atoms with Gasteiger partial charge in [0.2, 0.25) is 5.95 Å². The summed E-state index contributed by atoms with van der Waals surface area (Å²) in [6.07, 6.45) is 4.68. The van der Waals surface area contributed by atoms with Gasteiger partial charge in [-0.05, 0) is 6.07 Å². The molecule has 84 valence electrons. The average molecular weight is 228 g/mol. The molecule has 2 N–H and O–H groups in total. The summed E-state index contributed by atoms with van der Waals surface area (Å²) in [5, 5.41) is 2.57. The van der Waals surface area contributed by atoms with Crippen molar-refractivity contribution in [3.8, 4) is 0 Å². The Labute approximate surface area is 95.7 Å². The molecule has 0 radical (unpaired) electrons. The van der Waals surface area contributed by atoms with Crippen LogP contribution in [-0.2, 0) is 0 Å². The SMILES string of the molecule is O=C(Nc1ncccn1)c1cc2occc2[nH]1. The number of hydrogen-bond acceptors (Lipinski definition) is 4. The lowest BCUT2D eigenvalue weighted by Crippen LogP contribution is -2.14. The molecule has 0 fully saturated rings. The molecule has 1 amide bonds. The molecule has 0 atom stereocenters. The zero-order valence-electron chi connectivity index (χ0n) is 8.68. The van der Waals surface area contributed by atoms with Crippen LogP contribution in [0.2, 0.25) is 0 Å². The topological polar surface area (TPSA) is 83.8 Å². The van der Waals surface area contributed by atoms with Gasteiger partial charge >= 0.3 is 0 Å². The van der Waals surface area contributed by atoms with Crippen LogP contribution in [-0.4, -0.2) is 20.9 Å². The Bertz CT molecular complexity index is 628. The van der Waals surface area contributed by atoms with E-state index >= 15 is 0 Å². The second-order valence-electron chi connectivity index (χ2n) is 3.41. The maximum absolute atomic E-state index is 11.8. The molecule has 0 aromatic carbocycles. The molecule has 3 rings (SSSR count). The van der Waals surface area contributed by atoms with Crippen LogP contribution in [0.1, 0.15) is 10.5 Å². The third kappa shape index (κ3) is 1.76. The van der Waals surface area contributed by atoms with Crippen LogP contribution in [0.5, 0.6) is 0 Å². The fourth-order valence-corrected chi connectivity index (χ4v) is 1.50. The van der Waals surface area contributed by atoms with Crippen molar-refractivity contribution in [2.24, 2.45) is 0 Å². The highest BCUT2D eigenvalue weighted by atomic mass is 16.3. The lowest BCUT2D eigenvalue weighted by atomic mass is 10.4. The fraction of sp³-hybridized carbons (Fsp3) is 0. The number of nitrogens with one attached hydrogen (secondary N) is 2. The van der Waals surface area contributed by atoms with E-state index in [1.54, 1.807) is 36.9 Å². The molecule has 17 heavy (non-hydrogen) atoms. The summed E-state index contributed by atoms with van der Waals surface area (Å²) < 4.78 is 5.16. The molecule has 0 aliphatic heterocycles. The molecule has 3 heterocycles. The number of rotatable bonds is 2. The van der Waals surface area contributed by atoms with Crippen LogP contribution in [0.3, 0.4) is 0 Å². The van der Waals surface area contributed by atoms with Crippen molar-refractivity contribution in [1.82, 2.24) is 15.0 Å². The van der Waals surface area contributed by atoms with E-state index in [1.807, 2.05) is 0 Å². The van der Waals surface area contributed by atoms with Gasteiger partial charge in [0.1, 0.15) is 5.69 Å². The van der Waals surface area contributed by atoms with Crippen LogP contribution < -0.4 is 5.32 Å². The van der Waals surface area contributed by atoms with Gasteiger partial charge in [0.25, 0.3) is 5.91 Å². The Morgan fingerprint density at radius 2 is 2.18 bits per heavy atom. The van der Waals surface area contributed by atoms with Crippen molar-refractivity contribution >= 4 is 23.0 Å². The molecular formula is C11H8N4O2. The largest absolute Gasteiger partial charge is 0.463 e. The quantitative estimate of drug-likeness (QED) is 0.700. The fourth-order valence-electron chi connectivity index (χ4n) is 1.50. The number of furan rings is 1. The number of carbonyl (C=O) groups is 1. The number of aromatic amines is 1. The van der Waals surface area contributed by atoms with Crippen molar-refractivity contribution in [2.75, 3.05) is 5.32 Å². The predicted octanol–water partition coefficient (Wildman–Crippen LogP) is 1.80. The zero-order chi connectivity index (χ0) is 11.7. The molecule has 6 nitrogen and oxygen atoms in total. The van der Waals surface area contributed by atoms with Crippen LogP contribution in [0.4, 0.5) is 5.95 Å². The monoisotopic (exact) mass is 228 g/mol. The number of hydrogen-bond donors (Lipinski definition) is 2. The Kier molecular flexibility index (Phi) is 2.11. The van der Waals surface area contributed by atoms with Gasteiger partial charge in [0, 0.05) is 24.5 Å². The number of aromatic nitrogens is 3. The molecule has 0 bridgehead atoms. The van der Waals surface area contributed by atoms with E-state index in [0.29, 0.717) is 11.3 Å². The third-order valence-corrected chi connectivity index (χ3v) is 2.28. The second-order valence-corrected chi connectivity index (χ2v) is 3.41. The van der Waals surface area contributed by atoms with Crippen LogP contribution >= 0.6 is 0 Å². The number of amides is 1. The third-order valence-electron chi connectivity index (χ3n) is 2.28. The molecule has 3 aromatic rings. The molecule has 6 heteroatoms. The zero-order valence-corrected chi connectivity index (χ0v) is 8.68. The molecular weight excluding hydrogens is 220 g/mol. The van der Waals surface area contributed by atoms with Gasteiger partial charge in [-0.25, -0.2) is 9.97 Å². The lowest BCUT2D eigenvalue weighted by molar-refractivity contribution is 0.102. The van der Waals surface area contributed by atoms with Crippen molar-refractivity contribution in [2.45, 2.75) is 0 Å². The van der Waals surface area contributed by atoms with Crippen molar-refractivity contribution in [3.05, 3.63) is 42.5 Å². The summed E-state index contributed by atoms with van der Waals surface area (Å²) in [6.45, 7) is 0. The summed E-state index contributed by atoms with van der Waals surface area (Å²) >= 11 is 0. The van der Waals surface area contributed by atoms with E-state index in [4.69, 9.17) is 4.42 Å². The molecule has 0 saturated carbocycles. The summed E-state index contributed by atoms with van der Waals surface area (Å²) in [7, 11) is 0. The summed E-state index contributed by atoms with van der Waals surface area (Å²) in [5.41, 5.74) is 1.83. The van der Waals surface area contributed by atoms with Crippen molar-refractivity contribution < 1.29 is 9.21 Å². The highest BCUT2D eigenvalue weighted by Gasteiger charge is 2.11. The minimum absolute atomic E-state index is 0.267. The number of fused-ring (bicyclic) bond motifs is 1. The van der Waals surface area contributed by atoms with E-state index in [1.165, 1.54) is 0 Å². The number of H-pyrrole nitrogens is 1. The molecule has 0 aliphatic carbocycles. The maximum atomic E-state index is 11.8. The molecule has 0 unspecified atom stereocenters. The van der Waals surface area contributed by atoms with Crippen molar-refractivity contribution in [1.29, 1.82) is 0 Å². The molecule has 0 spiro atoms. The van der Waals surface area contributed by atoms with Crippen molar-refractivity contribution in [3.63, 3.8) is 0 Å². The van der Waals surface area contributed by atoms with Gasteiger partial charge in [-0.15, -0.1) is 0 Å². The lowest BCUT2D eigenvalue weighted by Gasteiger charge is -1.99. The van der Waals surface area contributed by atoms with Crippen LogP contribution in [0, 0.1) is 0 Å². The summed E-state index contributed by atoms with van der Waals surface area (Å²) in [6, 6.07) is 5.07. The average Bonchev–Trinajstić information content (AvgIpc) is 2.90. The van der Waals surface area contributed by atoms with E-state index in [2.05, 4.69) is 20.3 Å². The summed E-state index contributed by atoms with van der Waals surface area (Å²) in [4.78, 5) is 22.6. The van der Waals surface area contributed by atoms with E-state index in [-0.39, 0.29) is 11.9 Å². The molecule has 0 saturated heterocycles. The summed E-state index contributed by atoms with van der Waals surface area (Å²) in [5.74, 6) is -0.0358. The standard InChI is InChI=1S/C11H8N4O2/c16-10(15-11-12-3-1-4-13-11)8-6-9-7(14-8)2-5-17-9/h1-6,14H,(H,12,13,15,16). The number of anilines is 1. The van der Waals surface area contributed by atoms with Gasteiger partial charge in [-0.3, -0.25) is 10.1 Å². The molecule has 0 aliphatic rings.